The van der Waals surface area contributed by atoms with Crippen molar-refractivity contribution in [1.29, 1.82) is 0 Å². The van der Waals surface area contributed by atoms with Gasteiger partial charge in [-0.1, -0.05) is 29.5 Å². The zero-order valence-electron chi connectivity index (χ0n) is 15.2. The van der Waals surface area contributed by atoms with Gasteiger partial charge in [0.15, 0.2) is 11.5 Å². The fraction of sp³-hybridized carbons (Fsp3) is 0.105. The van der Waals surface area contributed by atoms with E-state index in [1.807, 2.05) is 0 Å². The Bertz CT molecular complexity index is 1150. The second kappa shape index (κ2) is 7.95. The number of thiazole rings is 1. The number of hydrogen-bond acceptors (Lipinski definition) is 6. The van der Waals surface area contributed by atoms with Gasteiger partial charge >= 0.3 is 6.18 Å². The molecule has 31 heavy (non-hydrogen) atoms. The molecule has 0 fully saturated rings. The molecule has 1 aromatic heterocycles. The van der Waals surface area contributed by atoms with Crippen molar-refractivity contribution in [2.45, 2.75) is 12.4 Å². The average Bonchev–Trinajstić information content (AvgIpc) is 3.37. The standard InChI is InChI=1S/C19H11F5N4O2S/c20-11-5-2-6-12(21)13(11)16(29)27-18-26-14(17-28-25-8-30-17)15(31-18)9-3-1-4-10(7-9)19(22,23)24/h1-8,17,28H,(H,26,27,29). The molecule has 1 amide bonds. The van der Waals surface area contributed by atoms with Crippen LogP contribution in [-0.4, -0.2) is 17.3 Å². The summed E-state index contributed by atoms with van der Waals surface area (Å²) in [7, 11) is 0. The van der Waals surface area contributed by atoms with Crippen LogP contribution in [0.4, 0.5) is 27.1 Å². The quantitative estimate of drug-likeness (QED) is 0.549. The minimum atomic E-state index is -4.56. The van der Waals surface area contributed by atoms with E-state index in [0.717, 1.165) is 48.1 Å². The van der Waals surface area contributed by atoms with E-state index in [1.54, 1.807) is 0 Å². The van der Waals surface area contributed by atoms with Crippen molar-refractivity contribution < 1.29 is 31.5 Å². The number of carbonyl (C=O) groups is 1. The van der Waals surface area contributed by atoms with E-state index >= 15 is 0 Å². The smallest absolute Gasteiger partial charge is 0.416 e. The summed E-state index contributed by atoms with van der Waals surface area (Å²) in [5, 5.41) is 5.87. The first kappa shape index (κ1) is 20.7. The Morgan fingerprint density at radius 3 is 2.48 bits per heavy atom. The highest BCUT2D eigenvalue weighted by Gasteiger charge is 2.32. The second-order valence-corrected chi connectivity index (χ2v) is 7.24. The van der Waals surface area contributed by atoms with Crippen molar-refractivity contribution in [1.82, 2.24) is 10.4 Å². The van der Waals surface area contributed by atoms with Crippen LogP contribution in [0.1, 0.15) is 27.8 Å². The minimum Gasteiger partial charge on any atom is -0.451 e. The average molecular weight is 454 g/mol. The van der Waals surface area contributed by atoms with Gasteiger partial charge in [-0.25, -0.2) is 13.8 Å². The van der Waals surface area contributed by atoms with Crippen LogP contribution in [0.15, 0.2) is 47.6 Å². The summed E-state index contributed by atoms with van der Waals surface area (Å²) < 4.78 is 72.4. The van der Waals surface area contributed by atoms with Crippen molar-refractivity contribution >= 4 is 28.8 Å². The largest absolute Gasteiger partial charge is 0.451 e. The predicted octanol–water partition coefficient (Wildman–Crippen LogP) is 4.92. The van der Waals surface area contributed by atoms with Crippen LogP contribution in [0.2, 0.25) is 0 Å². The van der Waals surface area contributed by atoms with Crippen molar-refractivity contribution in [2.24, 2.45) is 5.10 Å². The third kappa shape index (κ3) is 4.19. The first-order valence-electron chi connectivity index (χ1n) is 8.60. The van der Waals surface area contributed by atoms with E-state index in [4.69, 9.17) is 4.74 Å². The van der Waals surface area contributed by atoms with Gasteiger partial charge in [0, 0.05) is 0 Å². The molecule has 1 aliphatic rings. The molecule has 0 saturated carbocycles. The fourth-order valence-electron chi connectivity index (χ4n) is 2.83. The molecule has 2 heterocycles. The summed E-state index contributed by atoms with van der Waals surface area (Å²) in [5.41, 5.74) is 1.21. The number of benzene rings is 2. The molecule has 160 valence electrons. The minimum absolute atomic E-state index is 0.0904. The van der Waals surface area contributed by atoms with Gasteiger partial charge in [0.25, 0.3) is 5.91 Å². The number of ether oxygens (including phenoxy) is 1. The van der Waals surface area contributed by atoms with Crippen LogP contribution >= 0.6 is 11.3 Å². The Morgan fingerprint density at radius 1 is 1.13 bits per heavy atom. The molecular weight excluding hydrogens is 443 g/mol. The number of aromatic nitrogens is 1. The van der Waals surface area contributed by atoms with E-state index < -0.39 is 41.1 Å². The molecule has 1 aliphatic heterocycles. The molecule has 2 N–H and O–H groups in total. The van der Waals surface area contributed by atoms with Crippen molar-refractivity contribution in [3.05, 3.63) is 70.9 Å². The van der Waals surface area contributed by atoms with E-state index in [1.165, 1.54) is 12.1 Å². The summed E-state index contributed by atoms with van der Waals surface area (Å²) in [6.07, 6.45) is -4.39. The normalized spacial score (nSPS) is 15.5. The third-order valence-corrected chi connectivity index (χ3v) is 5.24. The lowest BCUT2D eigenvalue weighted by Crippen LogP contribution is -2.16. The van der Waals surface area contributed by atoms with Crippen LogP contribution in [-0.2, 0) is 10.9 Å². The third-order valence-electron chi connectivity index (χ3n) is 4.21. The number of carbonyl (C=O) groups excluding carboxylic acids is 1. The van der Waals surface area contributed by atoms with Gasteiger partial charge in [-0.3, -0.25) is 15.5 Å². The maximum atomic E-state index is 13.9. The molecule has 1 atom stereocenters. The van der Waals surface area contributed by atoms with Gasteiger partial charge in [0.2, 0.25) is 6.23 Å². The Morgan fingerprint density at radius 2 is 1.84 bits per heavy atom. The predicted molar refractivity (Wildman–Crippen MR) is 102 cm³/mol. The van der Waals surface area contributed by atoms with E-state index in [0.29, 0.717) is 0 Å². The molecule has 0 aliphatic carbocycles. The molecule has 3 aromatic rings. The van der Waals surface area contributed by atoms with Gasteiger partial charge in [0.05, 0.1) is 10.4 Å². The lowest BCUT2D eigenvalue weighted by molar-refractivity contribution is -0.137. The topological polar surface area (TPSA) is 75.6 Å². The second-order valence-electron chi connectivity index (χ2n) is 6.24. The highest BCUT2D eigenvalue weighted by atomic mass is 32.1. The maximum absolute atomic E-state index is 13.9. The van der Waals surface area contributed by atoms with Crippen LogP contribution in [0.25, 0.3) is 10.4 Å². The molecule has 0 saturated heterocycles. The number of hydrogen-bond donors (Lipinski definition) is 2. The molecule has 0 radical (unpaired) electrons. The van der Waals surface area contributed by atoms with Gasteiger partial charge < -0.3 is 4.74 Å². The molecule has 4 rings (SSSR count). The number of nitrogens with one attached hydrogen (secondary N) is 2. The molecule has 2 aromatic carbocycles. The summed E-state index contributed by atoms with van der Waals surface area (Å²) in [6, 6.07) is 7.46. The zero-order valence-corrected chi connectivity index (χ0v) is 16.0. The van der Waals surface area contributed by atoms with E-state index in [-0.39, 0.29) is 21.3 Å². The number of nitrogens with zero attached hydrogens (tertiary/aromatic N) is 2. The van der Waals surface area contributed by atoms with E-state index in [9.17, 15) is 26.7 Å². The highest BCUT2D eigenvalue weighted by Crippen LogP contribution is 2.39. The van der Waals surface area contributed by atoms with Crippen molar-refractivity contribution in [2.75, 3.05) is 5.32 Å². The monoisotopic (exact) mass is 454 g/mol. The van der Waals surface area contributed by atoms with Gasteiger partial charge in [-0.2, -0.15) is 13.2 Å². The van der Waals surface area contributed by atoms with Crippen molar-refractivity contribution in [3.63, 3.8) is 0 Å². The molecule has 12 heteroatoms. The maximum Gasteiger partial charge on any atom is 0.416 e. The highest BCUT2D eigenvalue weighted by molar-refractivity contribution is 7.19. The Balaban J connectivity index is 1.72. The Kier molecular flexibility index (Phi) is 5.31. The van der Waals surface area contributed by atoms with E-state index in [2.05, 4.69) is 20.8 Å². The first-order valence-corrected chi connectivity index (χ1v) is 9.42. The Hall–Kier alpha value is -3.54. The fourth-order valence-corrected chi connectivity index (χ4v) is 3.81. The lowest BCUT2D eigenvalue weighted by Gasteiger charge is -2.11. The summed E-state index contributed by atoms with van der Waals surface area (Å²) in [6.45, 7) is 0. The molecule has 6 nitrogen and oxygen atoms in total. The number of hydrazone groups is 1. The number of rotatable bonds is 4. The van der Waals surface area contributed by atoms with Crippen LogP contribution < -0.4 is 10.7 Å². The van der Waals surface area contributed by atoms with Crippen LogP contribution in [0, 0.1) is 11.6 Å². The van der Waals surface area contributed by atoms with Crippen LogP contribution in [0.5, 0.6) is 0 Å². The number of amides is 1. The molecule has 0 spiro atoms. The zero-order chi connectivity index (χ0) is 22.2. The van der Waals surface area contributed by atoms with Crippen molar-refractivity contribution in [3.8, 4) is 10.4 Å². The first-order chi connectivity index (χ1) is 14.7. The number of alkyl halides is 3. The molecule has 0 bridgehead atoms. The van der Waals surface area contributed by atoms with Gasteiger partial charge in [-0.15, -0.1) is 5.10 Å². The summed E-state index contributed by atoms with van der Waals surface area (Å²) in [5.74, 6) is -3.23. The molecule has 1 unspecified atom stereocenters. The van der Waals surface area contributed by atoms with Crippen LogP contribution in [0.3, 0.4) is 0 Å². The SMILES string of the molecule is O=C(Nc1nc(C2NN=CO2)c(-c2cccc(C(F)(F)F)c2)s1)c1c(F)cccc1F. The van der Waals surface area contributed by atoms with Gasteiger partial charge in [0.1, 0.15) is 22.9 Å². The molecular formula is C19H11F5N4O2S. The summed E-state index contributed by atoms with van der Waals surface area (Å²) in [4.78, 5) is 16.8. The lowest BCUT2D eigenvalue weighted by atomic mass is 10.1. The number of halogens is 5. The summed E-state index contributed by atoms with van der Waals surface area (Å²) >= 11 is 0.823. The number of anilines is 1. The van der Waals surface area contributed by atoms with Gasteiger partial charge in [-0.05, 0) is 29.8 Å². The Labute approximate surface area is 175 Å².